The monoisotopic (exact) mass is 249 g/mol. The second-order valence-corrected chi connectivity index (χ2v) is 4.39. The zero-order valence-electron chi connectivity index (χ0n) is 9.17. The molecule has 0 spiro atoms. The number of carbonyl (C=O) groups is 1. The van der Waals surface area contributed by atoms with Crippen LogP contribution in [0.5, 0.6) is 0 Å². The summed E-state index contributed by atoms with van der Waals surface area (Å²) in [5.74, 6) is -0.192. The summed E-state index contributed by atoms with van der Waals surface area (Å²) in [6.45, 7) is 2.09. The lowest BCUT2D eigenvalue weighted by molar-refractivity contribution is 0.0953. The van der Waals surface area contributed by atoms with Crippen molar-refractivity contribution in [3.8, 4) is 0 Å². The predicted octanol–water partition coefficient (Wildman–Crippen LogP) is 0.754. The van der Waals surface area contributed by atoms with Gasteiger partial charge in [-0.3, -0.25) is 4.79 Å². The highest BCUT2D eigenvalue weighted by atomic mass is 32.1. The standard InChI is InChI=1S/C10H11N5OS/c1-6-8(17-10(11)14-6)9(16)12-5-7-3-2-4-13-15-7/h2-4H,5H2,1H3,(H2,11,14)(H,12,16). The van der Waals surface area contributed by atoms with Crippen molar-refractivity contribution in [1.29, 1.82) is 0 Å². The van der Waals surface area contributed by atoms with E-state index in [0.717, 1.165) is 0 Å². The van der Waals surface area contributed by atoms with Gasteiger partial charge in [-0.15, -0.1) is 0 Å². The van der Waals surface area contributed by atoms with Gasteiger partial charge in [0.2, 0.25) is 0 Å². The van der Waals surface area contributed by atoms with Crippen LogP contribution in [0.4, 0.5) is 5.13 Å². The lowest BCUT2D eigenvalue weighted by Gasteiger charge is -2.02. The van der Waals surface area contributed by atoms with Crippen LogP contribution in [0.2, 0.25) is 0 Å². The summed E-state index contributed by atoms with van der Waals surface area (Å²) in [7, 11) is 0. The molecule has 0 aliphatic heterocycles. The van der Waals surface area contributed by atoms with Crippen LogP contribution in [0, 0.1) is 6.92 Å². The minimum absolute atomic E-state index is 0.192. The Morgan fingerprint density at radius 1 is 1.59 bits per heavy atom. The molecule has 0 aromatic carbocycles. The number of amides is 1. The van der Waals surface area contributed by atoms with Gasteiger partial charge >= 0.3 is 0 Å². The van der Waals surface area contributed by atoms with Crippen LogP contribution in [0.1, 0.15) is 21.1 Å². The Morgan fingerprint density at radius 2 is 2.41 bits per heavy atom. The number of carbonyl (C=O) groups excluding carboxylic acids is 1. The fourth-order valence-electron chi connectivity index (χ4n) is 1.31. The third-order valence-electron chi connectivity index (χ3n) is 2.08. The maximum absolute atomic E-state index is 11.8. The third kappa shape index (κ3) is 2.76. The quantitative estimate of drug-likeness (QED) is 0.837. The molecule has 3 N–H and O–H groups in total. The van der Waals surface area contributed by atoms with Crippen LogP contribution in [0.3, 0.4) is 0 Å². The van der Waals surface area contributed by atoms with Gasteiger partial charge in [-0.05, 0) is 19.1 Å². The van der Waals surface area contributed by atoms with Crippen molar-refractivity contribution in [1.82, 2.24) is 20.5 Å². The normalized spacial score (nSPS) is 10.2. The molecule has 0 aliphatic rings. The van der Waals surface area contributed by atoms with Gasteiger partial charge in [-0.25, -0.2) is 4.98 Å². The highest BCUT2D eigenvalue weighted by molar-refractivity contribution is 7.17. The first kappa shape index (κ1) is 11.5. The molecule has 0 atom stereocenters. The summed E-state index contributed by atoms with van der Waals surface area (Å²) < 4.78 is 0. The molecular weight excluding hydrogens is 238 g/mol. The van der Waals surface area contributed by atoms with Crippen molar-refractivity contribution in [3.63, 3.8) is 0 Å². The van der Waals surface area contributed by atoms with E-state index in [-0.39, 0.29) is 5.91 Å². The maximum Gasteiger partial charge on any atom is 0.263 e. The molecule has 2 heterocycles. The molecule has 7 heteroatoms. The molecule has 6 nitrogen and oxygen atoms in total. The zero-order chi connectivity index (χ0) is 12.3. The van der Waals surface area contributed by atoms with Gasteiger partial charge in [0.1, 0.15) is 4.88 Å². The van der Waals surface area contributed by atoms with E-state index in [2.05, 4.69) is 20.5 Å². The summed E-state index contributed by atoms with van der Waals surface area (Å²) >= 11 is 1.18. The Kier molecular flexibility index (Phi) is 3.29. The van der Waals surface area contributed by atoms with Crippen molar-refractivity contribution in [2.75, 3.05) is 5.73 Å². The van der Waals surface area contributed by atoms with Crippen LogP contribution in [-0.4, -0.2) is 21.1 Å². The fraction of sp³-hybridized carbons (Fsp3) is 0.200. The fourth-order valence-corrected chi connectivity index (χ4v) is 2.06. The summed E-state index contributed by atoms with van der Waals surface area (Å²) in [6.07, 6.45) is 1.58. The molecule has 2 rings (SSSR count). The molecule has 0 radical (unpaired) electrons. The first-order valence-electron chi connectivity index (χ1n) is 4.94. The van der Waals surface area contributed by atoms with Gasteiger partial charge in [-0.1, -0.05) is 11.3 Å². The number of nitrogens with two attached hydrogens (primary N) is 1. The Hall–Kier alpha value is -2.02. The van der Waals surface area contributed by atoms with E-state index < -0.39 is 0 Å². The molecule has 0 saturated heterocycles. The van der Waals surface area contributed by atoms with Gasteiger partial charge in [0.25, 0.3) is 5.91 Å². The number of thiazole rings is 1. The Bertz CT molecular complexity index is 525. The molecule has 88 valence electrons. The molecule has 17 heavy (non-hydrogen) atoms. The van der Waals surface area contributed by atoms with E-state index in [4.69, 9.17) is 5.73 Å². The van der Waals surface area contributed by atoms with Crippen molar-refractivity contribution >= 4 is 22.4 Å². The zero-order valence-corrected chi connectivity index (χ0v) is 9.99. The lowest BCUT2D eigenvalue weighted by Crippen LogP contribution is -2.23. The number of anilines is 1. The van der Waals surface area contributed by atoms with Crippen LogP contribution >= 0.6 is 11.3 Å². The average molecular weight is 249 g/mol. The topological polar surface area (TPSA) is 93.8 Å². The molecule has 0 bridgehead atoms. The number of rotatable bonds is 3. The summed E-state index contributed by atoms with van der Waals surface area (Å²) in [5, 5.41) is 10.7. The lowest BCUT2D eigenvalue weighted by atomic mass is 10.3. The van der Waals surface area contributed by atoms with Gasteiger partial charge in [0.05, 0.1) is 17.9 Å². The van der Waals surface area contributed by atoms with E-state index >= 15 is 0 Å². The molecule has 0 aliphatic carbocycles. The number of aromatic nitrogens is 3. The highest BCUT2D eigenvalue weighted by Crippen LogP contribution is 2.19. The summed E-state index contributed by atoms with van der Waals surface area (Å²) in [4.78, 5) is 16.3. The van der Waals surface area contributed by atoms with Crippen LogP contribution in [0.15, 0.2) is 18.3 Å². The van der Waals surface area contributed by atoms with Gasteiger partial charge in [0.15, 0.2) is 5.13 Å². The SMILES string of the molecule is Cc1nc(N)sc1C(=O)NCc1cccnn1. The predicted molar refractivity (Wildman–Crippen MR) is 64.5 cm³/mol. The van der Waals surface area contributed by atoms with E-state index in [1.165, 1.54) is 11.3 Å². The first-order valence-corrected chi connectivity index (χ1v) is 5.76. The van der Waals surface area contributed by atoms with E-state index in [0.29, 0.717) is 27.9 Å². The van der Waals surface area contributed by atoms with Crippen LogP contribution in [-0.2, 0) is 6.54 Å². The minimum Gasteiger partial charge on any atom is -0.375 e. The molecule has 0 unspecified atom stereocenters. The molecule has 0 fully saturated rings. The number of hydrogen-bond acceptors (Lipinski definition) is 6. The Balaban J connectivity index is 2.01. The van der Waals surface area contributed by atoms with E-state index in [1.54, 1.807) is 25.3 Å². The molecule has 1 amide bonds. The number of hydrogen-bond donors (Lipinski definition) is 2. The van der Waals surface area contributed by atoms with Gasteiger partial charge < -0.3 is 11.1 Å². The molecule has 2 aromatic rings. The number of nitrogens with one attached hydrogen (secondary N) is 1. The minimum atomic E-state index is -0.192. The molecule has 2 aromatic heterocycles. The van der Waals surface area contributed by atoms with Gasteiger partial charge in [-0.2, -0.15) is 10.2 Å². The maximum atomic E-state index is 11.8. The second-order valence-electron chi connectivity index (χ2n) is 3.36. The summed E-state index contributed by atoms with van der Waals surface area (Å²) in [5.41, 5.74) is 6.88. The molecular formula is C10H11N5OS. The Morgan fingerprint density at radius 3 is 3.00 bits per heavy atom. The van der Waals surface area contributed by atoms with E-state index in [1.807, 2.05) is 0 Å². The largest absolute Gasteiger partial charge is 0.375 e. The van der Waals surface area contributed by atoms with Crippen molar-refractivity contribution in [2.24, 2.45) is 0 Å². The van der Waals surface area contributed by atoms with Crippen LogP contribution < -0.4 is 11.1 Å². The third-order valence-corrected chi connectivity index (χ3v) is 3.06. The smallest absolute Gasteiger partial charge is 0.263 e. The number of nitrogens with zero attached hydrogens (tertiary/aromatic N) is 3. The van der Waals surface area contributed by atoms with Crippen molar-refractivity contribution in [2.45, 2.75) is 13.5 Å². The summed E-state index contributed by atoms with van der Waals surface area (Å²) in [6, 6.07) is 3.56. The number of nitrogen functional groups attached to an aromatic ring is 1. The van der Waals surface area contributed by atoms with Crippen LogP contribution in [0.25, 0.3) is 0 Å². The van der Waals surface area contributed by atoms with E-state index in [9.17, 15) is 4.79 Å². The number of aryl methyl sites for hydroxylation is 1. The van der Waals surface area contributed by atoms with Crippen molar-refractivity contribution < 1.29 is 4.79 Å². The highest BCUT2D eigenvalue weighted by Gasteiger charge is 2.13. The average Bonchev–Trinajstić information content (AvgIpc) is 2.67. The van der Waals surface area contributed by atoms with Gasteiger partial charge in [0, 0.05) is 6.20 Å². The Labute approximate surface area is 102 Å². The van der Waals surface area contributed by atoms with Crippen molar-refractivity contribution in [3.05, 3.63) is 34.6 Å². The second kappa shape index (κ2) is 4.88. The molecule has 0 saturated carbocycles. The first-order chi connectivity index (χ1) is 8.16.